The Bertz CT molecular complexity index is 2780. The first-order chi connectivity index (χ1) is 27.3. The number of aryl methyl sites for hydroxylation is 1. The van der Waals surface area contributed by atoms with Gasteiger partial charge in [0.05, 0.1) is 76.2 Å². The molecule has 6 aromatic rings. The molecule has 0 bridgehead atoms. The van der Waals surface area contributed by atoms with Gasteiger partial charge in [-0.1, -0.05) is 6.07 Å². The molecule has 57 heavy (non-hydrogen) atoms. The number of anilines is 2. The van der Waals surface area contributed by atoms with E-state index in [0.29, 0.717) is 80.4 Å². The zero-order chi connectivity index (χ0) is 39.6. The summed E-state index contributed by atoms with van der Waals surface area (Å²) in [6.45, 7) is 9.79. The topological polar surface area (TPSA) is 182 Å². The number of aromatic nitrogens is 8. The highest BCUT2D eigenvalue weighted by atomic mass is 32.2. The van der Waals surface area contributed by atoms with Gasteiger partial charge in [-0.3, -0.25) is 9.55 Å². The fourth-order valence-corrected chi connectivity index (χ4v) is 10.4. The normalized spacial score (nSPS) is 22.5. The number of nitrogens with zero attached hydrogens (tertiary/aromatic N) is 11. The van der Waals surface area contributed by atoms with Crippen LogP contribution in [0, 0.1) is 6.92 Å². The third kappa shape index (κ3) is 7.46. The molecular formula is C39H46N12O4S2. The summed E-state index contributed by atoms with van der Waals surface area (Å²) in [6, 6.07) is 12.0. The number of ether oxygens (including phenoxy) is 2. The van der Waals surface area contributed by atoms with Gasteiger partial charge in [0.1, 0.15) is 17.5 Å². The van der Waals surface area contributed by atoms with Gasteiger partial charge in [-0.2, -0.15) is 18.7 Å². The van der Waals surface area contributed by atoms with Gasteiger partial charge in [0, 0.05) is 83.0 Å². The Morgan fingerprint density at radius 2 is 1.53 bits per heavy atom. The lowest BCUT2D eigenvalue weighted by molar-refractivity contribution is 0.0985. The standard InChI is InChI=1S/C39H46N12O4S2/c1-23-21-54-13-11-49(23)36-17-34(43-38(45-36)29-19-40-20-31-27(29)9-10-41-31)48-57(6,53)33-16-28(33)26-7-8-32-30(15-26)42-25(3)51(32)39-44-35(47-56(4,5)52)18-37(46-39)50-12-14-55-22-24(50)2/h7-10,15,17-20,23-24,28,33,41H,11-14,16,21-22H2,1-6H3/t23-,24-,28?,33?,57?/m1/s1. The Hall–Kier alpha value is -5.04. The summed E-state index contributed by atoms with van der Waals surface area (Å²) >= 11 is 0. The van der Waals surface area contributed by atoms with Gasteiger partial charge in [-0.05, 0) is 51.0 Å². The molecule has 2 saturated heterocycles. The molecule has 7 heterocycles. The quantitative estimate of drug-likeness (QED) is 0.203. The summed E-state index contributed by atoms with van der Waals surface area (Å²) in [5.41, 5.74) is 4.30. The zero-order valence-electron chi connectivity index (χ0n) is 32.8. The predicted molar refractivity (Wildman–Crippen MR) is 223 cm³/mol. The highest BCUT2D eigenvalue weighted by molar-refractivity contribution is 7.94. The largest absolute Gasteiger partial charge is 0.377 e. The number of morpholine rings is 2. The summed E-state index contributed by atoms with van der Waals surface area (Å²) in [5, 5.41) is 0.777. The van der Waals surface area contributed by atoms with Crippen LogP contribution in [0.5, 0.6) is 0 Å². The van der Waals surface area contributed by atoms with E-state index in [9.17, 15) is 8.42 Å². The molecule has 0 radical (unpaired) electrons. The van der Waals surface area contributed by atoms with Crippen molar-refractivity contribution in [1.29, 1.82) is 0 Å². The fraction of sp³-hybridized carbons (Fsp3) is 0.436. The molecule has 3 fully saturated rings. The molecule has 9 rings (SSSR count). The lowest BCUT2D eigenvalue weighted by Gasteiger charge is -2.34. The van der Waals surface area contributed by atoms with E-state index in [2.05, 4.69) is 50.1 Å². The van der Waals surface area contributed by atoms with Crippen molar-refractivity contribution in [2.75, 3.05) is 68.1 Å². The van der Waals surface area contributed by atoms with Crippen LogP contribution in [0.3, 0.4) is 0 Å². The first-order valence-electron chi connectivity index (χ1n) is 19.1. The third-order valence-electron chi connectivity index (χ3n) is 10.8. The Morgan fingerprint density at radius 1 is 0.825 bits per heavy atom. The number of fused-ring (bicyclic) bond motifs is 2. The molecule has 5 aromatic heterocycles. The van der Waals surface area contributed by atoms with Gasteiger partial charge in [-0.25, -0.2) is 23.4 Å². The lowest BCUT2D eigenvalue weighted by atomic mass is 10.1. The SMILES string of the molecule is Cc1nc2cc(C3CC3S(C)(=O)=Nc3cc(N4CCOC[C@H]4C)nc(-c4cncc5[nH]ccc45)n3)ccc2n1-c1nc(N=S(C)(C)=O)cc(N2CCOC[C@H]2C)n1. The van der Waals surface area contributed by atoms with Crippen LogP contribution in [-0.2, 0) is 28.9 Å². The summed E-state index contributed by atoms with van der Waals surface area (Å²) < 4.78 is 49.9. The van der Waals surface area contributed by atoms with Crippen molar-refractivity contribution in [2.45, 2.75) is 50.4 Å². The summed E-state index contributed by atoms with van der Waals surface area (Å²) in [4.78, 5) is 36.5. The molecule has 1 N–H and O–H groups in total. The lowest BCUT2D eigenvalue weighted by Crippen LogP contribution is -2.44. The number of pyridine rings is 1. The van der Waals surface area contributed by atoms with E-state index < -0.39 is 19.5 Å². The molecule has 1 aromatic carbocycles. The van der Waals surface area contributed by atoms with Crippen molar-refractivity contribution in [1.82, 2.24) is 39.5 Å². The average Bonchev–Trinajstić information content (AvgIpc) is 3.72. The third-order valence-corrected chi connectivity index (χ3v) is 13.6. The molecule has 18 heteroatoms. The maximum absolute atomic E-state index is 14.5. The van der Waals surface area contributed by atoms with Gasteiger partial charge in [0.25, 0.3) is 0 Å². The Kier molecular flexibility index (Phi) is 9.49. The second kappa shape index (κ2) is 14.4. The van der Waals surface area contributed by atoms with Crippen molar-refractivity contribution >= 4 is 64.7 Å². The van der Waals surface area contributed by atoms with Crippen LogP contribution in [0.15, 0.2) is 63.7 Å². The average molecular weight is 811 g/mol. The van der Waals surface area contributed by atoms with Crippen molar-refractivity contribution in [3.63, 3.8) is 0 Å². The van der Waals surface area contributed by atoms with E-state index in [1.54, 1.807) is 37.2 Å². The molecular weight excluding hydrogens is 765 g/mol. The van der Waals surface area contributed by atoms with Crippen LogP contribution in [0.4, 0.5) is 23.3 Å². The molecule has 298 valence electrons. The molecule has 2 aliphatic heterocycles. The molecule has 1 aliphatic carbocycles. The van der Waals surface area contributed by atoms with Gasteiger partial charge < -0.3 is 24.3 Å². The van der Waals surface area contributed by atoms with Crippen LogP contribution in [0.2, 0.25) is 0 Å². The summed E-state index contributed by atoms with van der Waals surface area (Å²) in [5.74, 6) is 3.76. The Morgan fingerprint density at radius 3 is 2.23 bits per heavy atom. The second-order valence-electron chi connectivity index (χ2n) is 15.5. The van der Waals surface area contributed by atoms with Crippen LogP contribution in [0.25, 0.3) is 39.3 Å². The van der Waals surface area contributed by atoms with Crippen molar-refractivity contribution in [3.8, 4) is 17.3 Å². The maximum Gasteiger partial charge on any atom is 0.239 e. The predicted octanol–water partition coefficient (Wildman–Crippen LogP) is 5.55. The van der Waals surface area contributed by atoms with E-state index in [0.717, 1.165) is 39.5 Å². The Labute approximate surface area is 331 Å². The number of hydrogen-bond donors (Lipinski definition) is 1. The van der Waals surface area contributed by atoms with E-state index in [1.807, 2.05) is 35.9 Å². The first kappa shape index (κ1) is 37.5. The van der Waals surface area contributed by atoms with E-state index >= 15 is 0 Å². The van der Waals surface area contributed by atoms with Crippen molar-refractivity contribution < 1.29 is 17.9 Å². The molecule has 1 saturated carbocycles. The number of hydrogen-bond acceptors (Lipinski definition) is 14. The highest BCUT2D eigenvalue weighted by Gasteiger charge is 2.45. The molecule has 5 atom stereocenters. The minimum absolute atomic E-state index is 0.0361. The van der Waals surface area contributed by atoms with Gasteiger partial charge in [0.15, 0.2) is 17.5 Å². The monoisotopic (exact) mass is 810 g/mol. The molecule has 16 nitrogen and oxygen atoms in total. The van der Waals surface area contributed by atoms with Crippen LogP contribution >= 0.6 is 0 Å². The number of aromatic amines is 1. The van der Waals surface area contributed by atoms with Crippen molar-refractivity contribution in [2.24, 2.45) is 8.73 Å². The van der Waals surface area contributed by atoms with Gasteiger partial charge >= 0.3 is 0 Å². The van der Waals surface area contributed by atoms with Crippen LogP contribution in [-0.4, -0.2) is 123 Å². The maximum atomic E-state index is 14.5. The number of benzene rings is 1. The number of imidazole rings is 1. The first-order valence-corrected chi connectivity index (χ1v) is 23.4. The zero-order valence-corrected chi connectivity index (χ0v) is 34.5. The number of rotatable bonds is 8. The molecule has 0 spiro atoms. The van der Waals surface area contributed by atoms with Gasteiger partial charge in [0.2, 0.25) is 5.95 Å². The number of H-pyrrole nitrogens is 1. The van der Waals surface area contributed by atoms with Crippen LogP contribution < -0.4 is 9.80 Å². The Balaban J connectivity index is 1.05. The van der Waals surface area contributed by atoms with E-state index in [4.69, 9.17) is 38.8 Å². The van der Waals surface area contributed by atoms with E-state index in [-0.39, 0.29) is 23.3 Å². The molecule has 3 aliphatic rings. The highest BCUT2D eigenvalue weighted by Crippen LogP contribution is 2.48. The molecule has 3 unspecified atom stereocenters. The smallest absolute Gasteiger partial charge is 0.239 e. The van der Waals surface area contributed by atoms with E-state index in [1.165, 1.54) is 0 Å². The molecule has 0 amide bonds. The fourth-order valence-electron chi connectivity index (χ4n) is 7.92. The van der Waals surface area contributed by atoms with Gasteiger partial charge in [-0.15, -0.1) is 0 Å². The van der Waals surface area contributed by atoms with Crippen molar-refractivity contribution in [3.05, 3.63) is 66.4 Å². The summed E-state index contributed by atoms with van der Waals surface area (Å²) in [6.07, 6.45) is 11.0. The summed E-state index contributed by atoms with van der Waals surface area (Å²) in [7, 11) is -5.23. The van der Waals surface area contributed by atoms with Crippen LogP contribution in [0.1, 0.15) is 37.6 Å². The number of nitrogens with one attached hydrogen (secondary N) is 1. The minimum atomic E-state index is -2.74. The minimum Gasteiger partial charge on any atom is -0.377 e. The second-order valence-corrected chi connectivity index (χ2v) is 20.6.